The summed E-state index contributed by atoms with van der Waals surface area (Å²) >= 11 is 1.37. The highest BCUT2D eigenvalue weighted by Gasteiger charge is 2.22. The van der Waals surface area contributed by atoms with Crippen molar-refractivity contribution in [1.29, 1.82) is 0 Å². The average molecular weight is 495 g/mol. The Hall–Kier alpha value is -3.72. The van der Waals surface area contributed by atoms with Crippen LogP contribution in [-0.2, 0) is 4.79 Å². The SMILES string of the molecule is CC=C(C=[N+](C)CC)c1ccc(C(=O)Nc2[nH]c3cc(N(C)C(=O)C(C)C)ccc3c2C(N)=O)s1. The summed E-state index contributed by atoms with van der Waals surface area (Å²) in [6.45, 7) is 8.56. The largest absolute Gasteiger partial charge is 0.365 e. The Kier molecular flexibility index (Phi) is 7.91. The number of allylic oxidation sites excluding steroid dienone is 2. The van der Waals surface area contributed by atoms with Crippen molar-refractivity contribution < 1.29 is 19.0 Å². The van der Waals surface area contributed by atoms with Crippen LogP contribution in [0.5, 0.6) is 0 Å². The van der Waals surface area contributed by atoms with Crippen molar-refractivity contribution in [3.05, 3.63) is 51.7 Å². The van der Waals surface area contributed by atoms with Crippen molar-refractivity contribution in [2.75, 3.05) is 30.9 Å². The molecule has 3 rings (SSSR count). The number of amides is 3. The summed E-state index contributed by atoms with van der Waals surface area (Å²) in [4.78, 5) is 43.8. The van der Waals surface area contributed by atoms with E-state index in [1.807, 2.05) is 46.2 Å². The second-order valence-corrected chi connectivity index (χ2v) is 9.67. The predicted molar refractivity (Wildman–Crippen MR) is 144 cm³/mol. The number of nitrogens with one attached hydrogen (secondary N) is 2. The van der Waals surface area contributed by atoms with Gasteiger partial charge in [0.1, 0.15) is 19.4 Å². The van der Waals surface area contributed by atoms with E-state index < -0.39 is 5.91 Å². The van der Waals surface area contributed by atoms with E-state index in [1.165, 1.54) is 11.3 Å². The van der Waals surface area contributed by atoms with Crippen LogP contribution in [0.1, 0.15) is 52.6 Å². The smallest absolute Gasteiger partial charge is 0.266 e. The van der Waals surface area contributed by atoms with Crippen molar-refractivity contribution in [3.8, 4) is 0 Å². The fourth-order valence-corrected chi connectivity index (χ4v) is 4.60. The topological polar surface area (TPSA) is 111 Å². The molecular weight excluding hydrogens is 462 g/mol. The van der Waals surface area contributed by atoms with Gasteiger partial charge in [-0.3, -0.25) is 14.4 Å². The molecule has 0 fully saturated rings. The second-order valence-electron chi connectivity index (χ2n) is 8.59. The van der Waals surface area contributed by atoms with Gasteiger partial charge in [-0.2, -0.15) is 0 Å². The number of aromatic amines is 1. The molecule has 2 aromatic heterocycles. The third kappa shape index (κ3) is 5.51. The highest BCUT2D eigenvalue weighted by molar-refractivity contribution is 7.15. The van der Waals surface area contributed by atoms with Gasteiger partial charge in [-0.25, -0.2) is 4.58 Å². The molecule has 0 spiro atoms. The minimum Gasteiger partial charge on any atom is -0.365 e. The molecule has 3 amide bonds. The Balaban J connectivity index is 1.93. The number of hydrogen-bond acceptors (Lipinski definition) is 4. The van der Waals surface area contributed by atoms with Crippen LogP contribution in [0.2, 0.25) is 0 Å². The summed E-state index contributed by atoms with van der Waals surface area (Å²) in [6.07, 6.45) is 4.04. The first-order valence-corrected chi connectivity index (χ1v) is 12.2. The van der Waals surface area contributed by atoms with Crippen LogP contribution in [0.15, 0.2) is 36.4 Å². The Morgan fingerprint density at radius 1 is 1.20 bits per heavy atom. The van der Waals surface area contributed by atoms with Gasteiger partial charge in [-0.05, 0) is 44.2 Å². The van der Waals surface area contributed by atoms with Gasteiger partial charge in [-0.1, -0.05) is 19.9 Å². The molecule has 4 N–H and O–H groups in total. The number of carbonyl (C=O) groups is 3. The molecule has 35 heavy (non-hydrogen) atoms. The average Bonchev–Trinajstić information content (AvgIpc) is 3.45. The van der Waals surface area contributed by atoms with Gasteiger partial charge in [0.2, 0.25) is 5.91 Å². The molecule has 0 saturated heterocycles. The second kappa shape index (κ2) is 10.7. The number of benzene rings is 1. The molecule has 0 saturated carbocycles. The lowest BCUT2D eigenvalue weighted by molar-refractivity contribution is -0.487. The van der Waals surface area contributed by atoms with Crippen LogP contribution in [0.4, 0.5) is 11.5 Å². The molecule has 8 nitrogen and oxygen atoms in total. The van der Waals surface area contributed by atoms with E-state index in [-0.39, 0.29) is 29.1 Å². The first kappa shape index (κ1) is 25.9. The van der Waals surface area contributed by atoms with Gasteiger partial charge in [0.05, 0.1) is 16.0 Å². The number of hydrogen-bond donors (Lipinski definition) is 3. The Morgan fingerprint density at radius 2 is 1.89 bits per heavy atom. The number of H-pyrrole nitrogens is 1. The van der Waals surface area contributed by atoms with Crippen LogP contribution in [-0.4, -0.2) is 54.1 Å². The zero-order chi connectivity index (χ0) is 25.9. The summed E-state index contributed by atoms with van der Waals surface area (Å²) in [7, 11) is 3.70. The van der Waals surface area contributed by atoms with Gasteiger partial charge >= 0.3 is 0 Å². The number of primary amides is 1. The summed E-state index contributed by atoms with van der Waals surface area (Å²) in [5.74, 6) is -0.968. The summed E-state index contributed by atoms with van der Waals surface area (Å²) < 4.78 is 2.07. The zero-order valence-electron chi connectivity index (χ0n) is 20.9. The van der Waals surface area contributed by atoms with Crippen molar-refractivity contribution in [1.82, 2.24) is 4.98 Å². The molecule has 1 aromatic carbocycles. The molecular formula is C26H32N5O3S+. The van der Waals surface area contributed by atoms with Gasteiger partial charge in [0, 0.05) is 34.4 Å². The maximum Gasteiger partial charge on any atom is 0.266 e. The first-order valence-electron chi connectivity index (χ1n) is 11.4. The quantitative estimate of drug-likeness (QED) is 0.320. The molecule has 9 heteroatoms. The third-order valence-electron chi connectivity index (χ3n) is 5.76. The fraction of sp³-hybridized carbons (Fsp3) is 0.308. The Bertz CT molecular complexity index is 1350. The minimum atomic E-state index is -0.661. The van der Waals surface area contributed by atoms with Crippen molar-refractivity contribution in [2.45, 2.75) is 27.7 Å². The predicted octanol–water partition coefficient (Wildman–Crippen LogP) is 4.34. The molecule has 0 aliphatic rings. The summed E-state index contributed by atoms with van der Waals surface area (Å²) in [5, 5.41) is 3.38. The van der Waals surface area contributed by atoms with Crippen molar-refractivity contribution >= 4 is 63.3 Å². The zero-order valence-corrected chi connectivity index (χ0v) is 21.7. The van der Waals surface area contributed by atoms with Crippen LogP contribution in [0.25, 0.3) is 16.5 Å². The van der Waals surface area contributed by atoms with Gasteiger partial charge in [0.25, 0.3) is 11.8 Å². The van der Waals surface area contributed by atoms with Crippen LogP contribution < -0.4 is 16.0 Å². The van der Waals surface area contributed by atoms with E-state index >= 15 is 0 Å². The highest BCUT2D eigenvalue weighted by Crippen LogP contribution is 2.31. The number of anilines is 2. The van der Waals surface area contributed by atoms with E-state index in [2.05, 4.69) is 21.8 Å². The number of carbonyl (C=O) groups excluding carboxylic acids is 3. The van der Waals surface area contributed by atoms with Crippen molar-refractivity contribution in [3.63, 3.8) is 0 Å². The number of nitrogens with zero attached hydrogens (tertiary/aromatic N) is 2. The van der Waals surface area contributed by atoms with Crippen LogP contribution >= 0.6 is 11.3 Å². The van der Waals surface area contributed by atoms with E-state index in [4.69, 9.17) is 5.73 Å². The first-order chi connectivity index (χ1) is 16.6. The number of aromatic nitrogens is 1. The summed E-state index contributed by atoms with van der Waals surface area (Å²) in [6, 6.07) is 8.91. The number of fused-ring (bicyclic) bond motifs is 1. The highest BCUT2D eigenvalue weighted by atomic mass is 32.1. The van der Waals surface area contributed by atoms with E-state index in [1.54, 1.807) is 36.2 Å². The van der Waals surface area contributed by atoms with Crippen LogP contribution in [0, 0.1) is 5.92 Å². The lowest BCUT2D eigenvalue weighted by Crippen LogP contribution is -2.30. The lowest BCUT2D eigenvalue weighted by Gasteiger charge is -2.19. The molecule has 0 atom stereocenters. The van der Waals surface area contributed by atoms with E-state index in [9.17, 15) is 14.4 Å². The molecule has 0 bridgehead atoms. The maximum absolute atomic E-state index is 13.0. The molecule has 0 aliphatic carbocycles. The normalized spacial score (nSPS) is 12.3. The van der Waals surface area contributed by atoms with Gasteiger partial charge in [-0.15, -0.1) is 11.3 Å². The van der Waals surface area contributed by atoms with Gasteiger partial charge < -0.3 is 20.9 Å². The van der Waals surface area contributed by atoms with Gasteiger partial charge in [0.15, 0.2) is 6.21 Å². The molecule has 0 radical (unpaired) electrons. The molecule has 184 valence electrons. The molecule has 2 heterocycles. The minimum absolute atomic E-state index is 0.0315. The Morgan fingerprint density at radius 3 is 2.49 bits per heavy atom. The third-order valence-corrected chi connectivity index (χ3v) is 6.90. The van der Waals surface area contributed by atoms with Crippen molar-refractivity contribution in [2.24, 2.45) is 11.7 Å². The van der Waals surface area contributed by atoms with Crippen LogP contribution in [0.3, 0.4) is 0 Å². The monoisotopic (exact) mass is 494 g/mol. The Labute approximate surface area is 209 Å². The van der Waals surface area contributed by atoms with E-state index in [0.29, 0.717) is 21.5 Å². The fourth-order valence-electron chi connectivity index (χ4n) is 3.66. The number of thiophene rings is 1. The maximum atomic E-state index is 13.0. The molecule has 3 aromatic rings. The summed E-state index contributed by atoms with van der Waals surface area (Å²) in [5.41, 5.74) is 8.14. The molecule has 0 aliphatic heterocycles. The standard InChI is InChI=1S/C26H31N5O3S/c1-7-16(14-30(5)8-2)20-11-12-21(35-20)25(33)29-24-22(23(27)32)18-10-9-17(13-19(18)28-24)31(6)26(34)15(3)4/h7,9-15H,8H2,1-6H3,(H3-,27,28,29,32,33)/p+1. The molecule has 0 unspecified atom stereocenters. The number of rotatable bonds is 8. The van der Waals surface area contributed by atoms with E-state index in [0.717, 1.165) is 17.0 Å². The lowest BCUT2D eigenvalue weighted by atomic mass is 10.1. The number of nitrogens with two attached hydrogens (primary N) is 1.